The zero-order valence-corrected chi connectivity index (χ0v) is 9.94. The van der Waals surface area contributed by atoms with Gasteiger partial charge in [0, 0.05) is 21.1 Å². The van der Waals surface area contributed by atoms with E-state index in [1.807, 2.05) is 26.2 Å². The van der Waals surface area contributed by atoms with E-state index >= 15 is 0 Å². The first-order chi connectivity index (χ1) is 6.43. The third-order valence-electron chi connectivity index (χ3n) is 2.71. The van der Waals surface area contributed by atoms with Crippen LogP contribution in [0.3, 0.4) is 0 Å². The van der Waals surface area contributed by atoms with E-state index in [1.165, 1.54) is 0 Å². The van der Waals surface area contributed by atoms with Gasteiger partial charge in [-0.2, -0.15) is 0 Å². The number of hydrogen-bond acceptors (Lipinski definition) is 5. The molecule has 1 rings (SSSR count). The molecular formula is C9H21N5. The van der Waals surface area contributed by atoms with E-state index < -0.39 is 0 Å². The van der Waals surface area contributed by atoms with Crippen LogP contribution in [0.5, 0.6) is 0 Å². The second-order valence-electron chi connectivity index (χ2n) is 4.00. The molecule has 1 aliphatic heterocycles. The van der Waals surface area contributed by atoms with E-state index in [0.717, 1.165) is 5.96 Å². The molecule has 1 heterocycles. The van der Waals surface area contributed by atoms with Crippen molar-refractivity contribution in [3.63, 3.8) is 0 Å². The normalized spacial score (nSPS) is 29.4. The molecule has 2 unspecified atom stereocenters. The highest BCUT2D eigenvalue weighted by Crippen LogP contribution is 2.13. The first-order valence-corrected chi connectivity index (χ1v) is 4.90. The first-order valence-electron chi connectivity index (χ1n) is 4.90. The molecule has 0 fully saturated rings. The van der Waals surface area contributed by atoms with Crippen molar-refractivity contribution in [3.05, 3.63) is 0 Å². The van der Waals surface area contributed by atoms with E-state index in [4.69, 9.17) is 0 Å². The second-order valence-corrected chi connectivity index (χ2v) is 4.00. The molecule has 0 aliphatic carbocycles. The highest BCUT2D eigenvalue weighted by atomic mass is 15.6. The topological polar surface area (TPSA) is 34.1 Å². The summed E-state index contributed by atoms with van der Waals surface area (Å²) in [6.45, 7) is 4.27. The van der Waals surface area contributed by atoms with E-state index in [1.54, 1.807) is 0 Å². The minimum atomic E-state index is 0.226. The van der Waals surface area contributed by atoms with Gasteiger partial charge in [-0.3, -0.25) is 10.3 Å². The van der Waals surface area contributed by atoms with Crippen molar-refractivity contribution in [1.29, 1.82) is 0 Å². The largest absolute Gasteiger partial charge is 0.329 e. The van der Waals surface area contributed by atoms with Gasteiger partial charge in [-0.05, 0) is 20.9 Å². The average Bonchev–Trinajstić information content (AvgIpc) is 2.10. The molecular weight excluding hydrogens is 178 g/mol. The maximum absolute atomic E-state index is 4.55. The predicted molar refractivity (Wildman–Crippen MR) is 58.7 cm³/mol. The molecule has 0 bridgehead atoms. The summed E-state index contributed by atoms with van der Waals surface area (Å²) in [6, 6.07) is 0. The van der Waals surface area contributed by atoms with E-state index in [-0.39, 0.29) is 6.17 Å². The second kappa shape index (κ2) is 4.14. The number of aliphatic imine (C=N–C) groups is 1. The Labute approximate surface area is 86.3 Å². The van der Waals surface area contributed by atoms with Crippen LogP contribution in [0.25, 0.3) is 0 Å². The molecule has 0 radical (unpaired) electrons. The van der Waals surface area contributed by atoms with Crippen LogP contribution < -0.4 is 5.43 Å². The first kappa shape index (κ1) is 11.3. The van der Waals surface area contributed by atoms with Crippen LogP contribution >= 0.6 is 0 Å². The van der Waals surface area contributed by atoms with Gasteiger partial charge in [-0.15, -0.1) is 0 Å². The number of rotatable bonds is 1. The van der Waals surface area contributed by atoms with Gasteiger partial charge in [0.2, 0.25) is 5.96 Å². The Morgan fingerprint density at radius 2 is 1.86 bits per heavy atom. The van der Waals surface area contributed by atoms with Gasteiger partial charge in [0.05, 0.1) is 6.17 Å². The molecule has 14 heavy (non-hydrogen) atoms. The fourth-order valence-electron chi connectivity index (χ4n) is 1.43. The molecule has 2 atom stereocenters. The molecule has 0 spiro atoms. The van der Waals surface area contributed by atoms with E-state index in [0.29, 0.717) is 6.17 Å². The van der Waals surface area contributed by atoms with Crippen LogP contribution in [0.1, 0.15) is 13.8 Å². The summed E-state index contributed by atoms with van der Waals surface area (Å²) in [6.07, 6.45) is 0.591. The number of guanidine groups is 1. The van der Waals surface area contributed by atoms with Gasteiger partial charge >= 0.3 is 0 Å². The van der Waals surface area contributed by atoms with Crippen LogP contribution in [0.4, 0.5) is 0 Å². The minimum Gasteiger partial charge on any atom is -0.329 e. The highest BCUT2D eigenvalue weighted by Gasteiger charge is 2.27. The van der Waals surface area contributed by atoms with Crippen LogP contribution in [0, 0.1) is 0 Å². The predicted octanol–water partition coefficient (Wildman–Crippen LogP) is -0.0222. The van der Waals surface area contributed by atoms with Gasteiger partial charge in [-0.1, -0.05) is 0 Å². The molecule has 0 saturated carbocycles. The summed E-state index contributed by atoms with van der Waals surface area (Å²) < 4.78 is 0. The SMILES string of the molecule is CC1N=C(NN(C)C)N(C)C(C)N1C. The smallest absolute Gasteiger partial charge is 0.211 e. The Balaban J connectivity index is 2.79. The Morgan fingerprint density at radius 3 is 2.36 bits per heavy atom. The van der Waals surface area contributed by atoms with Gasteiger partial charge in [0.15, 0.2) is 0 Å². The minimum absolute atomic E-state index is 0.226. The third-order valence-corrected chi connectivity index (χ3v) is 2.71. The standard InChI is InChI=1S/C9H21N5/c1-7-10-9(11-12(3)4)14(6)8(2)13(7)5/h7-8H,1-6H3,(H,10,11). The maximum Gasteiger partial charge on any atom is 0.211 e. The fourth-order valence-corrected chi connectivity index (χ4v) is 1.43. The van der Waals surface area contributed by atoms with Crippen molar-refractivity contribution in [1.82, 2.24) is 20.2 Å². The number of nitrogens with zero attached hydrogens (tertiary/aromatic N) is 4. The Bertz CT molecular complexity index is 225. The van der Waals surface area contributed by atoms with Crippen molar-refractivity contribution in [3.8, 4) is 0 Å². The van der Waals surface area contributed by atoms with Crippen molar-refractivity contribution in [2.24, 2.45) is 4.99 Å². The fraction of sp³-hybridized carbons (Fsp3) is 0.889. The lowest BCUT2D eigenvalue weighted by molar-refractivity contribution is 0.0877. The van der Waals surface area contributed by atoms with E-state index in [2.05, 4.69) is 41.1 Å². The van der Waals surface area contributed by atoms with Crippen molar-refractivity contribution >= 4 is 5.96 Å². The monoisotopic (exact) mass is 199 g/mol. The zero-order valence-electron chi connectivity index (χ0n) is 9.94. The van der Waals surface area contributed by atoms with Crippen LogP contribution in [0.2, 0.25) is 0 Å². The van der Waals surface area contributed by atoms with Crippen molar-refractivity contribution < 1.29 is 0 Å². The molecule has 0 amide bonds. The molecule has 82 valence electrons. The van der Waals surface area contributed by atoms with Gasteiger partial charge in [0.1, 0.15) is 6.17 Å². The van der Waals surface area contributed by atoms with Gasteiger partial charge in [0.25, 0.3) is 0 Å². The Hall–Kier alpha value is -0.810. The lowest BCUT2D eigenvalue weighted by Crippen LogP contribution is -2.58. The van der Waals surface area contributed by atoms with Gasteiger partial charge < -0.3 is 4.90 Å². The number of hydrogen-bond donors (Lipinski definition) is 1. The van der Waals surface area contributed by atoms with Crippen LogP contribution in [0.15, 0.2) is 4.99 Å². The number of hydrazine groups is 1. The summed E-state index contributed by atoms with van der Waals surface area (Å²) in [5, 5.41) is 1.90. The molecule has 5 heteroatoms. The molecule has 5 nitrogen and oxygen atoms in total. The summed E-state index contributed by atoms with van der Waals surface area (Å²) in [5.41, 5.74) is 3.20. The summed E-state index contributed by atoms with van der Waals surface area (Å²) >= 11 is 0. The van der Waals surface area contributed by atoms with Crippen LogP contribution in [-0.2, 0) is 0 Å². The molecule has 1 N–H and O–H groups in total. The quantitative estimate of drug-likeness (QED) is 0.602. The Morgan fingerprint density at radius 1 is 1.29 bits per heavy atom. The van der Waals surface area contributed by atoms with Crippen molar-refractivity contribution in [2.75, 3.05) is 28.2 Å². The molecule has 0 aromatic rings. The number of nitrogens with one attached hydrogen (secondary N) is 1. The van der Waals surface area contributed by atoms with E-state index in [9.17, 15) is 0 Å². The average molecular weight is 199 g/mol. The molecule has 0 saturated heterocycles. The Kier molecular flexibility index (Phi) is 3.34. The molecule has 0 aromatic heterocycles. The molecule has 1 aliphatic rings. The summed E-state index contributed by atoms with van der Waals surface area (Å²) in [5.74, 6) is 0.924. The van der Waals surface area contributed by atoms with Gasteiger partial charge in [-0.25, -0.2) is 10.0 Å². The zero-order chi connectivity index (χ0) is 10.9. The molecule has 0 aromatic carbocycles. The lowest BCUT2D eigenvalue weighted by atomic mass is 10.3. The summed E-state index contributed by atoms with van der Waals surface area (Å²) in [7, 11) is 8.05. The third kappa shape index (κ3) is 2.16. The lowest BCUT2D eigenvalue weighted by Gasteiger charge is -2.42. The van der Waals surface area contributed by atoms with Crippen LogP contribution in [-0.4, -0.2) is 61.3 Å². The highest BCUT2D eigenvalue weighted by molar-refractivity contribution is 5.80. The maximum atomic E-state index is 4.55. The summed E-state index contributed by atoms with van der Waals surface area (Å²) in [4.78, 5) is 8.90. The van der Waals surface area contributed by atoms with Crippen molar-refractivity contribution in [2.45, 2.75) is 26.2 Å².